The molecular formula is C22H24ClN3O3. The van der Waals surface area contributed by atoms with Gasteiger partial charge in [-0.1, -0.05) is 61.8 Å². The lowest BCUT2D eigenvalue weighted by Gasteiger charge is -2.20. The molecule has 1 aromatic heterocycles. The van der Waals surface area contributed by atoms with Gasteiger partial charge in [-0.2, -0.15) is 4.98 Å². The molecular weight excluding hydrogens is 390 g/mol. The quantitative estimate of drug-likeness (QED) is 0.629. The highest BCUT2D eigenvalue weighted by molar-refractivity contribution is 6.33. The number of nitrogens with one attached hydrogen (secondary N) is 1. The van der Waals surface area contributed by atoms with Crippen LogP contribution in [0.4, 0.5) is 0 Å². The third kappa shape index (κ3) is 5.35. The van der Waals surface area contributed by atoms with E-state index in [0.717, 1.165) is 0 Å². The molecule has 0 aliphatic carbocycles. The standard InChI is InChI=1S/C22H24ClN3O3/c1-14(28-16-11-9-15(10-12-16)22(2,3)4)21(27)24-13-19-25-20(26-29-19)17-7-5-6-8-18(17)23/h5-12,14H,13H2,1-4H3,(H,24,27). The Labute approximate surface area is 175 Å². The molecule has 3 aromatic rings. The van der Waals surface area contributed by atoms with Crippen LogP contribution >= 0.6 is 11.6 Å². The molecule has 1 atom stereocenters. The van der Waals surface area contributed by atoms with E-state index in [0.29, 0.717) is 22.2 Å². The lowest BCUT2D eigenvalue weighted by molar-refractivity contribution is -0.127. The Morgan fingerprint density at radius 2 is 1.86 bits per heavy atom. The first-order chi connectivity index (χ1) is 13.7. The molecule has 0 radical (unpaired) electrons. The van der Waals surface area contributed by atoms with Crippen molar-refractivity contribution < 1.29 is 14.1 Å². The van der Waals surface area contributed by atoms with Crippen LogP contribution < -0.4 is 10.1 Å². The van der Waals surface area contributed by atoms with Crippen molar-refractivity contribution in [3.8, 4) is 17.1 Å². The Morgan fingerprint density at radius 3 is 2.52 bits per heavy atom. The van der Waals surface area contributed by atoms with E-state index in [1.165, 1.54) is 5.56 Å². The van der Waals surface area contributed by atoms with Crippen molar-refractivity contribution in [1.29, 1.82) is 0 Å². The zero-order chi connectivity index (χ0) is 21.0. The third-order valence-electron chi connectivity index (χ3n) is 4.40. The summed E-state index contributed by atoms with van der Waals surface area (Å²) in [7, 11) is 0. The number of ether oxygens (including phenoxy) is 1. The van der Waals surface area contributed by atoms with Crippen LogP contribution in [-0.4, -0.2) is 22.2 Å². The summed E-state index contributed by atoms with van der Waals surface area (Å²) in [5, 5.41) is 7.18. The number of carbonyl (C=O) groups is 1. The first kappa shape index (κ1) is 20.9. The van der Waals surface area contributed by atoms with Crippen LogP contribution in [0.15, 0.2) is 53.1 Å². The molecule has 0 aliphatic rings. The molecule has 0 saturated carbocycles. The van der Waals surface area contributed by atoms with E-state index in [1.807, 2.05) is 36.4 Å². The fraction of sp³-hybridized carbons (Fsp3) is 0.318. The second kappa shape index (κ2) is 8.66. The van der Waals surface area contributed by atoms with Gasteiger partial charge < -0.3 is 14.6 Å². The molecule has 29 heavy (non-hydrogen) atoms. The highest BCUT2D eigenvalue weighted by Gasteiger charge is 2.18. The molecule has 152 valence electrons. The maximum atomic E-state index is 12.3. The van der Waals surface area contributed by atoms with Crippen molar-refractivity contribution >= 4 is 17.5 Å². The highest BCUT2D eigenvalue weighted by Crippen LogP contribution is 2.25. The van der Waals surface area contributed by atoms with Crippen molar-refractivity contribution in [3.63, 3.8) is 0 Å². The lowest BCUT2D eigenvalue weighted by atomic mass is 9.87. The highest BCUT2D eigenvalue weighted by atomic mass is 35.5. The zero-order valence-corrected chi connectivity index (χ0v) is 17.7. The molecule has 0 spiro atoms. The smallest absolute Gasteiger partial charge is 0.261 e. The SMILES string of the molecule is CC(Oc1ccc(C(C)(C)C)cc1)C(=O)NCc1nc(-c2ccccc2Cl)no1. The predicted octanol–water partition coefficient (Wildman–Crippen LogP) is 4.77. The second-order valence-electron chi connectivity index (χ2n) is 7.74. The normalized spacial score (nSPS) is 12.4. The van der Waals surface area contributed by atoms with Gasteiger partial charge in [0.15, 0.2) is 6.10 Å². The lowest BCUT2D eigenvalue weighted by Crippen LogP contribution is -2.36. The summed E-state index contributed by atoms with van der Waals surface area (Å²) in [6, 6.07) is 15.0. The summed E-state index contributed by atoms with van der Waals surface area (Å²) in [5.74, 6) is 1.03. The van der Waals surface area contributed by atoms with Gasteiger partial charge >= 0.3 is 0 Å². The van der Waals surface area contributed by atoms with Crippen molar-refractivity contribution in [3.05, 3.63) is 65.0 Å². The monoisotopic (exact) mass is 413 g/mol. The average Bonchev–Trinajstić information content (AvgIpc) is 3.15. The van der Waals surface area contributed by atoms with Crippen LogP contribution in [0, 0.1) is 0 Å². The molecule has 0 aliphatic heterocycles. The van der Waals surface area contributed by atoms with Crippen molar-refractivity contribution in [2.45, 2.75) is 45.8 Å². The third-order valence-corrected chi connectivity index (χ3v) is 4.73. The van der Waals surface area contributed by atoms with Crippen LogP contribution in [0.25, 0.3) is 11.4 Å². The maximum absolute atomic E-state index is 12.3. The van der Waals surface area contributed by atoms with Gasteiger partial charge in [-0.3, -0.25) is 4.79 Å². The number of halogens is 1. The number of nitrogens with zero attached hydrogens (tertiary/aromatic N) is 2. The molecule has 1 unspecified atom stereocenters. The average molecular weight is 414 g/mol. The topological polar surface area (TPSA) is 77.2 Å². The van der Waals surface area contributed by atoms with Gasteiger partial charge in [0.25, 0.3) is 5.91 Å². The summed E-state index contributed by atoms with van der Waals surface area (Å²) >= 11 is 6.14. The van der Waals surface area contributed by atoms with E-state index in [4.69, 9.17) is 20.9 Å². The number of benzene rings is 2. The Balaban J connectivity index is 1.55. The van der Waals surface area contributed by atoms with Crippen LogP contribution in [0.5, 0.6) is 5.75 Å². The molecule has 0 bridgehead atoms. The Kier molecular flexibility index (Phi) is 6.23. The van der Waals surface area contributed by atoms with Crippen molar-refractivity contribution in [2.75, 3.05) is 0 Å². The van der Waals surface area contributed by atoms with E-state index < -0.39 is 6.10 Å². The molecule has 6 nitrogen and oxygen atoms in total. The van der Waals surface area contributed by atoms with Crippen LogP contribution in [0.2, 0.25) is 5.02 Å². The summed E-state index contributed by atoms with van der Waals surface area (Å²) in [5.41, 5.74) is 1.94. The molecule has 0 saturated heterocycles. The minimum Gasteiger partial charge on any atom is -0.481 e. The number of aromatic nitrogens is 2. The fourth-order valence-corrected chi connectivity index (χ4v) is 2.90. The summed E-state index contributed by atoms with van der Waals surface area (Å²) in [4.78, 5) is 16.6. The molecule has 1 heterocycles. The summed E-state index contributed by atoms with van der Waals surface area (Å²) in [6.07, 6.45) is -0.665. The van der Waals surface area contributed by atoms with Crippen molar-refractivity contribution in [1.82, 2.24) is 15.5 Å². The maximum Gasteiger partial charge on any atom is 0.261 e. The van der Waals surface area contributed by atoms with Crippen molar-refractivity contribution in [2.24, 2.45) is 0 Å². The van der Waals surface area contributed by atoms with Crippen LogP contribution in [0.3, 0.4) is 0 Å². The first-order valence-electron chi connectivity index (χ1n) is 9.36. The van der Waals surface area contributed by atoms with E-state index >= 15 is 0 Å². The largest absolute Gasteiger partial charge is 0.481 e. The number of carbonyl (C=O) groups excluding carboxylic acids is 1. The molecule has 2 aromatic carbocycles. The van der Waals surface area contributed by atoms with Gasteiger partial charge in [-0.25, -0.2) is 0 Å². The Bertz CT molecular complexity index is 977. The number of amides is 1. The minimum atomic E-state index is -0.665. The molecule has 0 fully saturated rings. The molecule has 7 heteroatoms. The summed E-state index contributed by atoms with van der Waals surface area (Å²) in [6.45, 7) is 8.23. The van der Waals surface area contributed by atoms with Gasteiger partial charge in [0, 0.05) is 5.56 Å². The molecule has 3 rings (SSSR count). The van der Waals surface area contributed by atoms with Gasteiger partial charge in [-0.05, 0) is 42.2 Å². The Hall–Kier alpha value is -2.86. The Morgan fingerprint density at radius 1 is 1.17 bits per heavy atom. The molecule has 1 amide bonds. The van der Waals surface area contributed by atoms with Crippen LogP contribution in [-0.2, 0) is 16.8 Å². The van der Waals surface area contributed by atoms with E-state index in [2.05, 4.69) is 36.2 Å². The van der Waals surface area contributed by atoms with E-state index in [9.17, 15) is 4.79 Å². The van der Waals surface area contributed by atoms with E-state index in [-0.39, 0.29) is 23.8 Å². The van der Waals surface area contributed by atoms with Crippen LogP contribution in [0.1, 0.15) is 39.1 Å². The minimum absolute atomic E-state index is 0.0639. The zero-order valence-electron chi connectivity index (χ0n) is 16.9. The van der Waals surface area contributed by atoms with Gasteiger partial charge in [0.2, 0.25) is 11.7 Å². The van der Waals surface area contributed by atoms with Gasteiger partial charge in [-0.15, -0.1) is 0 Å². The fourth-order valence-electron chi connectivity index (χ4n) is 2.68. The number of hydrogen-bond donors (Lipinski definition) is 1. The predicted molar refractivity (Wildman–Crippen MR) is 112 cm³/mol. The number of rotatable bonds is 6. The summed E-state index contributed by atoms with van der Waals surface area (Å²) < 4.78 is 10.9. The first-order valence-corrected chi connectivity index (χ1v) is 9.74. The molecule has 1 N–H and O–H groups in total. The van der Waals surface area contributed by atoms with Gasteiger partial charge in [0.05, 0.1) is 11.6 Å². The van der Waals surface area contributed by atoms with E-state index in [1.54, 1.807) is 19.1 Å². The number of hydrogen-bond acceptors (Lipinski definition) is 5. The second-order valence-corrected chi connectivity index (χ2v) is 8.15. The van der Waals surface area contributed by atoms with Gasteiger partial charge in [0.1, 0.15) is 5.75 Å².